The number of hydrogen-bond donors (Lipinski definition) is 0. The second kappa shape index (κ2) is 7.29. The van der Waals surface area contributed by atoms with Gasteiger partial charge in [0.05, 0.1) is 6.54 Å². The summed E-state index contributed by atoms with van der Waals surface area (Å²) < 4.78 is 0. The number of benzene rings is 2. The van der Waals surface area contributed by atoms with Crippen molar-refractivity contribution in [1.29, 1.82) is 0 Å². The first kappa shape index (κ1) is 16.3. The van der Waals surface area contributed by atoms with Gasteiger partial charge in [-0.25, -0.2) is 0 Å². The fourth-order valence-electron chi connectivity index (χ4n) is 2.23. The Bertz CT molecular complexity index is 778. The molecule has 23 heavy (non-hydrogen) atoms. The van der Waals surface area contributed by atoms with Crippen molar-refractivity contribution in [2.24, 2.45) is 0 Å². The zero-order chi connectivity index (χ0) is 16.8. The predicted octanol–water partition coefficient (Wildman–Crippen LogP) is 2.79. The first-order valence-corrected chi connectivity index (χ1v) is 7.18. The summed E-state index contributed by atoms with van der Waals surface area (Å²) in [6.45, 7) is 3.39. The van der Waals surface area contributed by atoms with Crippen LogP contribution in [0.3, 0.4) is 0 Å². The van der Waals surface area contributed by atoms with Gasteiger partial charge < -0.3 is 5.53 Å². The van der Waals surface area contributed by atoms with E-state index in [1.54, 1.807) is 6.07 Å². The Balaban J connectivity index is 2.45. The molecule has 2 aromatic carbocycles. The zero-order valence-electron chi connectivity index (χ0n) is 13.1. The quantitative estimate of drug-likeness (QED) is 0.369. The third-order valence-corrected chi connectivity index (χ3v) is 3.38. The van der Waals surface area contributed by atoms with Crippen molar-refractivity contribution >= 4 is 23.1 Å². The van der Waals surface area contributed by atoms with Gasteiger partial charge in [-0.2, -0.15) is 4.79 Å². The third-order valence-electron chi connectivity index (χ3n) is 3.38. The largest absolute Gasteiger partial charge is 0.421 e. The van der Waals surface area contributed by atoms with E-state index in [0.717, 1.165) is 11.1 Å². The highest BCUT2D eigenvalue weighted by Crippen LogP contribution is 2.19. The fraction of sp³-hybridized carbons (Fsp3) is 0.167. The SMILES string of the molecule is CC(=O)C(=[N+]=[N-])C(=O)N(Cc1ccccc1)c1cccc(C)c1. The fourth-order valence-corrected chi connectivity index (χ4v) is 2.23. The van der Waals surface area contributed by atoms with E-state index in [1.807, 2.05) is 55.5 Å². The van der Waals surface area contributed by atoms with E-state index in [4.69, 9.17) is 5.53 Å². The summed E-state index contributed by atoms with van der Waals surface area (Å²) in [5.74, 6) is -1.21. The molecule has 116 valence electrons. The van der Waals surface area contributed by atoms with E-state index < -0.39 is 17.4 Å². The van der Waals surface area contributed by atoms with Crippen LogP contribution in [0.2, 0.25) is 0 Å². The van der Waals surface area contributed by atoms with Crippen LogP contribution in [-0.4, -0.2) is 22.2 Å². The van der Waals surface area contributed by atoms with Gasteiger partial charge in [0, 0.05) is 12.6 Å². The molecule has 0 N–H and O–H groups in total. The lowest BCUT2D eigenvalue weighted by molar-refractivity contribution is -0.123. The van der Waals surface area contributed by atoms with E-state index in [0.29, 0.717) is 5.69 Å². The molecule has 0 saturated heterocycles. The molecule has 0 aromatic heterocycles. The Morgan fingerprint density at radius 1 is 1.09 bits per heavy atom. The number of Topliss-reactive ketones (excluding diaryl/α,β-unsaturated/α-hetero) is 1. The second-order valence-electron chi connectivity index (χ2n) is 5.22. The second-order valence-corrected chi connectivity index (χ2v) is 5.22. The summed E-state index contributed by atoms with van der Waals surface area (Å²) in [5, 5.41) is 0. The maximum atomic E-state index is 12.6. The summed E-state index contributed by atoms with van der Waals surface area (Å²) >= 11 is 0. The van der Waals surface area contributed by atoms with E-state index in [2.05, 4.69) is 4.79 Å². The van der Waals surface area contributed by atoms with Crippen molar-refractivity contribution < 1.29 is 14.4 Å². The standard InChI is InChI=1S/C18H17N3O2/c1-13-7-6-10-16(11-13)21(12-15-8-4-3-5-9-15)18(23)17(20-19)14(2)22/h3-11H,12H2,1-2H3. The minimum absolute atomic E-state index is 0.273. The highest BCUT2D eigenvalue weighted by atomic mass is 16.2. The van der Waals surface area contributed by atoms with Crippen LogP contribution in [0.1, 0.15) is 18.1 Å². The number of carbonyl (C=O) groups excluding carboxylic acids is 2. The number of amides is 1. The van der Waals surface area contributed by atoms with Gasteiger partial charge in [-0.3, -0.25) is 14.5 Å². The van der Waals surface area contributed by atoms with Gasteiger partial charge in [0.1, 0.15) is 0 Å². The van der Waals surface area contributed by atoms with Gasteiger partial charge in [-0.1, -0.05) is 42.5 Å². The van der Waals surface area contributed by atoms with Crippen LogP contribution < -0.4 is 4.90 Å². The highest BCUT2D eigenvalue weighted by molar-refractivity contribution is 6.65. The number of rotatable bonds is 5. The van der Waals surface area contributed by atoms with E-state index in [1.165, 1.54) is 11.8 Å². The van der Waals surface area contributed by atoms with Crippen LogP contribution in [0, 0.1) is 6.92 Å². The first-order chi connectivity index (χ1) is 11.0. The Kier molecular flexibility index (Phi) is 5.18. The summed E-state index contributed by atoms with van der Waals surface area (Å²) in [5.41, 5.74) is 11.0. The molecule has 0 fully saturated rings. The summed E-state index contributed by atoms with van der Waals surface area (Å²) in [6.07, 6.45) is 0. The topological polar surface area (TPSA) is 73.8 Å². The average molecular weight is 307 g/mol. The molecule has 0 aliphatic rings. The summed E-state index contributed by atoms with van der Waals surface area (Å²) in [4.78, 5) is 28.5. The molecule has 0 heterocycles. The molecule has 0 radical (unpaired) electrons. The molecule has 2 aromatic rings. The smallest absolute Gasteiger partial charge is 0.360 e. The van der Waals surface area contributed by atoms with E-state index in [9.17, 15) is 9.59 Å². The van der Waals surface area contributed by atoms with Crippen molar-refractivity contribution in [1.82, 2.24) is 0 Å². The van der Waals surface area contributed by atoms with Crippen molar-refractivity contribution in [2.75, 3.05) is 4.90 Å². The number of anilines is 1. The van der Waals surface area contributed by atoms with E-state index in [-0.39, 0.29) is 6.54 Å². The molecule has 0 atom stereocenters. The molecule has 1 amide bonds. The van der Waals surface area contributed by atoms with Gasteiger partial charge in [0.25, 0.3) is 0 Å². The van der Waals surface area contributed by atoms with E-state index >= 15 is 0 Å². The maximum Gasteiger partial charge on any atom is 0.421 e. The number of nitrogens with zero attached hydrogens (tertiary/aromatic N) is 3. The highest BCUT2D eigenvalue weighted by Gasteiger charge is 2.32. The first-order valence-electron chi connectivity index (χ1n) is 7.18. The van der Waals surface area contributed by atoms with Crippen LogP contribution in [-0.2, 0) is 16.1 Å². The molecular formula is C18H17N3O2. The molecule has 0 spiro atoms. The van der Waals surface area contributed by atoms with Gasteiger partial charge in [0.15, 0.2) is 0 Å². The average Bonchev–Trinajstić information content (AvgIpc) is 2.53. The molecule has 0 saturated carbocycles. The van der Waals surface area contributed by atoms with Gasteiger partial charge >= 0.3 is 11.6 Å². The van der Waals surface area contributed by atoms with Crippen molar-refractivity contribution in [3.63, 3.8) is 0 Å². The Hall–Kier alpha value is -3.04. The lowest BCUT2D eigenvalue weighted by Crippen LogP contribution is -2.39. The van der Waals surface area contributed by atoms with Crippen molar-refractivity contribution in [3.8, 4) is 0 Å². The third kappa shape index (κ3) is 3.99. The predicted molar refractivity (Wildman–Crippen MR) is 88.1 cm³/mol. The lowest BCUT2D eigenvalue weighted by atomic mass is 10.1. The minimum Gasteiger partial charge on any atom is -0.360 e. The zero-order valence-corrected chi connectivity index (χ0v) is 13.1. The Morgan fingerprint density at radius 2 is 1.78 bits per heavy atom. The normalized spacial score (nSPS) is 9.83. The maximum absolute atomic E-state index is 12.6. The van der Waals surface area contributed by atoms with Crippen molar-refractivity contribution in [3.05, 3.63) is 71.3 Å². The molecule has 5 nitrogen and oxygen atoms in total. The number of aryl methyl sites for hydroxylation is 1. The van der Waals surface area contributed by atoms with Crippen LogP contribution in [0.4, 0.5) is 5.69 Å². The molecular weight excluding hydrogens is 290 g/mol. The van der Waals surface area contributed by atoms with Gasteiger partial charge in [0.2, 0.25) is 5.78 Å². The minimum atomic E-state index is -0.630. The molecule has 0 aliphatic carbocycles. The number of hydrogen-bond acceptors (Lipinski definition) is 2. The van der Waals surface area contributed by atoms with Crippen molar-refractivity contribution in [2.45, 2.75) is 20.4 Å². The molecule has 0 aliphatic heterocycles. The lowest BCUT2D eigenvalue weighted by Gasteiger charge is -2.21. The summed E-state index contributed by atoms with van der Waals surface area (Å²) in [6, 6.07) is 16.8. The van der Waals surface area contributed by atoms with Gasteiger partial charge in [-0.05, 0) is 30.2 Å². The molecule has 5 heteroatoms. The monoisotopic (exact) mass is 307 g/mol. The Labute approximate surface area is 134 Å². The van der Waals surface area contributed by atoms with Crippen LogP contribution in [0.25, 0.3) is 5.53 Å². The number of ketones is 1. The van der Waals surface area contributed by atoms with Gasteiger partial charge in [-0.15, -0.1) is 0 Å². The molecule has 0 unspecified atom stereocenters. The van der Waals surface area contributed by atoms with Crippen LogP contribution in [0.15, 0.2) is 54.6 Å². The summed E-state index contributed by atoms with van der Waals surface area (Å²) in [7, 11) is 0. The Morgan fingerprint density at radius 3 is 2.35 bits per heavy atom. The number of carbonyl (C=O) groups is 2. The van der Waals surface area contributed by atoms with Crippen LogP contribution in [0.5, 0.6) is 0 Å². The molecule has 0 bridgehead atoms. The molecule has 2 rings (SSSR count). The van der Waals surface area contributed by atoms with Crippen LogP contribution >= 0.6 is 0 Å².